The maximum atomic E-state index is 12.1. The van der Waals surface area contributed by atoms with Gasteiger partial charge in [0.15, 0.2) is 0 Å². The first-order chi connectivity index (χ1) is 9.24. The highest BCUT2D eigenvalue weighted by atomic mass is 35.5. The Kier molecular flexibility index (Phi) is 3.10. The lowest BCUT2D eigenvalue weighted by Gasteiger charge is -2.05. The van der Waals surface area contributed by atoms with Crippen LogP contribution in [-0.4, -0.2) is 19.6 Å². The fraction of sp³-hybridized carbons (Fsp3) is 0. The number of nitrogens with zero attached hydrogens (tertiary/aromatic N) is 3. The van der Waals surface area contributed by atoms with E-state index in [1.54, 1.807) is 12.1 Å². The molecule has 3 aromatic rings. The molecule has 0 atom stereocenters. The van der Waals surface area contributed by atoms with Gasteiger partial charge in [0.05, 0.1) is 17.4 Å². The molecule has 3 rings (SSSR count). The minimum atomic E-state index is -0.259. The van der Waals surface area contributed by atoms with Gasteiger partial charge < -0.3 is 5.32 Å². The molecule has 0 fully saturated rings. The van der Waals surface area contributed by atoms with E-state index in [1.165, 1.54) is 12.3 Å². The van der Waals surface area contributed by atoms with Crippen molar-refractivity contribution in [2.24, 2.45) is 0 Å². The summed E-state index contributed by atoms with van der Waals surface area (Å²) in [6.07, 6.45) is 1.49. The van der Waals surface area contributed by atoms with E-state index in [-0.39, 0.29) is 11.1 Å². The summed E-state index contributed by atoms with van der Waals surface area (Å²) in [4.78, 5) is 15.9. The topological polar surface area (TPSA) is 67.8 Å². The maximum Gasteiger partial charge on any atom is 0.255 e. The van der Waals surface area contributed by atoms with Gasteiger partial charge in [0.1, 0.15) is 16.2 Å². The van der Waals surface area contributed by atoms with Gasteiger partial charge in [-0.2, -0.15) is 8.75 Å². The summed E-state index contributed by atoms with van der Waals surface area (Å²) in [6.45, 7) is 0. The lowest BCUT2D eigenvalue weighted by molar-refractivity contribution is 0.102. The largest absolute Gasteiger partial charge is 0.320 e. The molecule has 0 spiro atoms. The van der Waals surface area contributed by atoms with Crippen LogP contribution >= 0.6 is 23.3 Å². The highest BCUT2D eigenvalue weighted by molar-refractivity contribution is 7.00. The summed E-state index contributed by atoms with van der Waals surface area (Å²) in [6, 6.07) is 8.55. The number of carbonyl (C=O) groups is 1. The zero-order valence-electron chi connectivity index (χ0n) is 9.50. The van der Waals surface area contributed by atoms with E-state index < -0.39 is 0 Å². The van der Waals surface area contributed by atoms with Crippen LogP contribution in [0.1, 0.15) is 10.4 Å². The molecular formula is C12H7ClN4OS. The third-order valence-corrected chi connectivity index (χ3v) is 3.27. The first kappa shape index (κ1) is 12.0. The van der Waals surface area contributed by atoms with Crippen molar-refractivity contribution in [1.29, 1.82) is 0 Å². The lowest BCUT2D eigenvalue weighted by atomic mass is 10.2. The number of rotatable bonds is 2. The number of nitrogens with one attached hydrogen (secondary N) is 1. The molecule has 1 N–H and O–H groups in total. The maximum absolute atomic E-state index is 12.1. The SMILES string of the molecule is O=C(Nc1cccc2nsnc12)c1ccnc(Cl)c1. The van der Waals surface area contributed by atoms with E-state index in [0.717, 1.165) is 17.2 Å². The van der Waals surface area contributed by atoms with Crippen molar-refractivity contribution in [1.82, 2.24) is 13.7 Å². The number of carbonyl (C=O) groups excluding carboxylic acids is 1. The number of halogens is 1. The fourth-order valence-corrected chi connectivity index (χ4v) is 2.37. The normalized spacial score (nSPS) is 10.6. The molecule has 5 nitrogen and oxygen atoms in total. The quantitative estimate of drug-likeness (QED) is 0.737. The molecule has 1 amide bonds. The highest BCUT2D eigenvalue weighted by Gasteiger charge is 2.10. The molecule has 0 bridgehead atoms. The van der Waals surface area contributed by atoms with Crippen LogP contribution < -0.4 is 5.32 Å². The monoisotopic (exact) mass is 290 g/mol. The van der Waals surface area contributed by atoms with Crippen molar-refractivity contribution in [2.45, 2.75) is 0 Å². The van der Waals surface area contributed by atoms with E-state index in [1.807, 2.05) is 12.1 Å². The minimum Gasteiger partial charge on any atom is -0.320 e. The van der Waals surface area contributed by atoms with Crippen molar-refractivity contribution in [3.63, 3.8) is 0 Å². The van der Waals surface area contributed by atoms with Crippen molar-refractivity contribution >= 4 is 46.0 Å². The number of aromatic nitrogens is 3. The second-order valence-corrected chi connectivity index (χ2v) is 4.67. The van der Waals surface area contributed by atoms with Crippen LogP contribution in [0.4, 0.5) is 5.69 Å². The van der Waals surface area contributed by atoms with Crippen molar-refractivity contribution < 1.29 is 4.79 Å². The highest BCUT2D eigenvalue weighted by Crippen LogP contribution is 2.21. The molecule has 0 unspecified atom stereocenters. The number of anilines is 1. The third-order valence-electron chi connectivity index (χ3n) is 2.52. The average molecular weight is 291 g/mol. The van der Waals surface area contributed by atoms with Crippen LogP contribution in [-0.2, 0) is 0 Å². The van der Waals surface area contributed by atoms with Crippen LogP contribution in [0, 0.1) is 0 Å². The zero-order valence-corrected chi connectivity index (χ0v) is 11.1. The second-order valence-electron chi connectivity index (χ2n) is 3.76. The molecule has 0 radical (unpaired) electrons. The van der Waals surface area contributed by atoms with Gasteiger partial charge in [0.25, 0.3) is 5.91 Å². The predicted octanol–water partition coefficient (Wildman–Crippen LogP) is 2.99. The van der Waals surface area contributed by atoms with Crippen molar-refractivity contribution in [3.8, 4) is 0 Å². The second kappa shape index (κ2) is 4.91. The van der Waals surface area contributed by atoms with E-state index in [0.29, 0.717) is 16.8 Å². The van der Waals surface area contributed by atoms with E-state index in [9.17, 15) is 4.79 Å². The third kappa shape index (κ3) is 2.40. The Morgan fingerprint density at radius 1 is 1.26 bits per heavy atom. The predicted molar refractivity (Wildman–Crippen MR) is 74.6 cm³/mol. The van der Waals surface area contributed by atoms with E-state index >= 15 is 0 Å². The van der Waals surface area contributed by atoms with E-state index in [2.05, 4.69) is 19.0 Å². The molecule has 94 valence electrons. The summed E-state index contributed by atoms with van der Waals surface area (Å²) >= 11 is 6.87. The molecule has 0 aliphatic heterocycles. The summed E-state index contributed by atoms with van der Waals surface area (Å²) in [5.41, 5.74) is 2.51. The molecule has 0 saturated carbocycles. The number of benzene rings is 1. The Balaban J connectivity index is 1.93. The smallest absolute Gasteiger partial charge is 0.255 e. The van der Waals surface area contributed by atoms with Crippen LogP contribution in [0.25, 0.3) is 11.0 Å². The lowest BCUT2D eigenvalue weighted by Crippen LogP contribution is -2.12. The zero-order chi connectivity index (χ0) is 13.2. The summed E-state index contributed by atoms with van der Waals surface area (Å²) in [5, 5.41) is 3.07. The van der Waals surface area contributed by atoms with Gasteiger partial charge in [-0.3, -0.25) is 4.79 Å². The summed E-state index contributed by atoms with van der Waals surface area (Å²) < 4.78 is 8.28. The van der Waals surface area contributed by atoms with Gasteiger partial charge in [-0.05, 0) is 24.3 Å². The first-order valence-corrected chi connectivity index (χ1v) is 6.49. The van der Waals surface area contributed by atoms with Crippen LogP contribution in [0.2, 0.25) is 5.15 Å². The fourth-order valence-electron chi connectivity index (χ4n) is 1.65. The Morgan fingerprint density at radius 3 is 3.00 bits per heavy atom. The van der Waals surface area contributed by atoms with Gasteiger partial charge in [-0.15, -0.1) is 0 Å². The number of amides is 1. The summed E-state index contributed by atoms with van der Waals surface area (Å²) in [7, 11) is 0. The molecule has 0 aliphatic rings. The Bertz CT molecular complexity index is 758. The molecule has 2 heterocycles. The number of pyridine rings is 1. The molecule has 7 heteroatoms. The van der Waals surface area contributed by atoms with Gasteiger partial charge in [-0.1, -0.05) is 17.7 Å². The molecule has 0 aliphatic carbocycles. The Labute approximate surface area is 117 Å². The first-order valence-electron chi connectivity index (χ1n) is 5.38. The van der Waals surface area contributed by atoms with Crippen LogP contribution in [0.15, 0.2) is 36.5 Å². The summed E-state index contributed by atoms with van der Waals surface area (Å²) in [5.74, 6) is -0.259. The van der Waals surface area contributed by atoms with Gasteiger partial charge in [0, 0.05) is 11.8 Å². The van der Waals surface area contributed by atoms with Gasteiger partial charge in [0.2, 0.25) is 0 Å². The van der Waals surface area contributed by atoms with Crippen molar-refractivity contribution in [2.75, 3.05) is 5.32 Å². The minimum absolute atomic E-state index is 0.259. The van der Waals surface area contributed by atoms with Gasteiger partial charge in [-0.25, -0.2) is 4.98 Å². The van der Waals surface area contributed by atoms with Crippen molar-refractivity contribution in [3.05, 3.63) is 47.2 Å². The van der Waals surface area contributed by atoms with Gasteiger partial charge >= 0.3 is 0 Å². The molecule has 19 heavy (non-hydrogen) atoms. The number of hydrogen-bond donors (Lipinski definition) is 1. The molecule has 1 aromatic carbocycles. The number of hydrogen-bond acceptors (Lipinski definition) is 5. The standard InChI is InChI=1S/C12H7ClN4OS/c13-10-6-7(4-5-14-10)12(18)15-8-2-1-3-9-11(8)17-19-16-9/h1-6H,(H,15,18). The Hall–Kier alpha value is -2.05. The molecule has 2 aromatic heterocycles. The molecule has 0 saturated heterocycles. The van der Waals surface area contributed by atoms with Crippen LogP contribution in [0.3, 0.4) is 0 Å². The number of fused-ring (bicyclic) bond motifs is 1. The molecular weight excluding hydrogens is 284 g/mol. The Morgan fingerprint density at radius 2 is 2.16 bits per heavy atom. The van der Waals surface area contributed by atoms with Crippen LogP contribution in [0.5, 0.6) is 0 Å². The van der Waals surface area contributed by atoms with E-state index in [4.69, 9.17) is 11.6 Å². The average Bonchev–Trinajstić information content (AvgIpc) is 2.88.